The number of methoxy groups -OCH3 is 1. The minimum Gasteiger partial charge on any atom is -0.497 e. The molecule has 0 N–H and O–H groups in total. The van der Waals surface area contributed by atoms with Crippen LogP contribution in [0.4, 0.5) is 13.2 Å². The van der Waals surface area contributed by atoms with Gasteiger partial charge in [0.05, 0.1) is 18.7 Å². The Morgan fingerprint density at radius 2 is 1.69 bits per heavy atom. The van der Waals surface area contributed by atoms with Gasteiger partial charge in [-0.3, -0.25) is 4.79 Å². The van der Waals surface area contributed by atoms with Gasteiger partial charge in [-0.05, 0) is 47.4 Å². The predicted molar refractivity (Wildman–Crippen MR) is 102 cm³/mol. The summed E-state index contributed by atoms with van der Waals surface area (Å²) in [6.07, 6.45) is 0.583. The topological polar surface area (TPSA) is 29.5 Å². The maximum absolute atomic E-state index is 14.3. The van der Waals surface area contributed by atoms with E-state index in [0.717, 1.165) is 28.8 Å². The Hall–Kier alpha value is -3.28. The van der Waals surface area contributed by atoms with Crippen LogP contribution >= 0.6 is 0 Å². The molecule has 0 spiro atoms. The summed E-state index contributed by atoms with van der Waals surface area (Å²) in [5, 5.41) is 0. The molecule has 0 aliphatic carbocycles. The number of carbonyl (C=O) groups is 1. The summed E-state index contributed by atoms with van der Waals surface area (Å²) in [5.41, 5.74) is 2.33. The number of carbonyl (C=O) groups excluding carboxylic acids is 1. The van der Waals surface area contributed by atoms with Gasteiger partial charge in [-0.2, -0.15) is 0 Å². The highest BCUT2D eigenvalue weighted by Crippen LogP contribution is 2.37. The van der Waals surface area contributed by atoms with Gasteiger partial charge in [-0.15, -0.1) is 0 Å². The summed E-state index contributed by atoms with van der Waals surface area (Å²) < 4.78 is 46.6. The van der Waals surface area contributed by atoms with Crippen LogP contribution in [0.15, 0.2) is 60.7 Å². The lowest BCUT2D eigenvalue weighted by atomic mass is 9.87. The fourth-order valence-electron chi connectivity index (χ4n) is 3.78. The van der Waals surface area contributed by atoms with Gasteiger partial charge < -0.3 is 9.64 Å². The predicted octanol–water partition coefficient (Wildman–Crippen LogP) is 4.90. The van der Waals surface area contributed by atoms with Crippen LogP contribution in [0, 0.1) is 17.5 Å². The minimum atomic E-state index is -1.64. The molecule has 0 saturated heterocycles. The summed E-state index contributed by atoms with van der Waals surface area (Å²) in [7, 11) is 1.56. The zero-order valence-electron chi connectivity index (χ0n) is 15.7. The third kappa shape index (κ3) is 3.35. The van der Waals surface area contributed by atoms with Crippen molar-refractivity contribution in [2.75, 3.05) is 13.7 Å². The molecule has 3 aromatic carbocycles. The first-order chi connectivity index (χ1) is 14.0. The molecular weight excluding hydrogens is 379 g/mol. The van der Waals surface area contributed by atoms with E-state index in [1.165, 1.54) is 4.90 Å². The first-order valence-corrected chi connectivity index (χ1v) is 9.17. The molecule has 0 aromatic heterocycles. The number of amides is 1. The van der Waals surface area contributed by atoms with Gasteiger partial charge >= 0.3 is 0 Å². The lowest BCUT2D eigenvalue weighted by Crippen LogP contribution is -2.41. The van der Waals surface area contributed by atoms with E-state index in [-0.39, 0.29) is 0 Å². The van der Waals surface area contributed by atoms with Crippen molar-refractivity contribution in [3.8, 4) is 5.75 Å². The second-order valence-electron chi connectivity index (χ2n) is 6.85. The fraction of sp³-hybridized carbons (Fsp3) is 0.174. The Morgan fingerprint density at radius 3 is 2.41 bits per heavy atom. The number of fused-ring (bicyclic) bond motifs is 1. The number of hydrogen-bond acceptors (Lipinski definition) is 2. The Labute approximate surface area is 166 Å². The molecule has 3 aromatic rings. The van der Waals surface area contributed by atoms with Crippen LogP contribution < -0.4 is 4.74 Å². The molecule has 1 atom stereocenters. The van der Waals surface area contributed by atoms with Crippen LogP contribution in [0.5, 0.6) is 5.75 Å². The third-order valence-electron chi connectivity index (χ3n) is 5.24. The smallest absolute Gasteiger partial charge is 0.257 e. The van der Waals surface area contributed by atoms with E-state index in [4.69, 9.17) is 4.74 Å². The monoisotopic (exact) mass is 397 g/mol. The van der Waals surface area contributed by atoms with Crippen LogP contribution in [-0.2, 0) is 6.42 Å². The first kappa shape index (κ1) is 19.1. The Morgan fingerprint density at radius 1 is 0.966 bits per heavy atom. The molecule has 1 aliphatic rings. The van der Waals surface area contributed by atoms with Gasteiger partial charge in [0.15, 0.2) is 17.5 Å². The van der Waals surface area contributed by atoms with E-state index in [2.05, 4.69) is 0 Å². The van der Waals surface area contributed by atoms with Gasteiger partial charge in [0.25, 0.3) is 5.91 Å². The number of hydrogen-bond donors (Lipinski definition) is 0. The highest BCUT2D eigenvalue weighted by atomic mass is 19.2. The van der Waals surface area contributed by atoms with Crippen molar-refractivity contribution in [3.63, 3.8) is 0 Å². The van der Waals surface area contributed by atoms with Crippen LogP contribution in [0.3, 0.4) is 0 Å². The molecular formula is C23H18F3NO2. The zero-order chi connectivity index (χ0) is 20.5. The van der Waals surface area contributed by atoms with Crippen molar-refractivity contribution < 1.29 is 22.7 Å². The van der Waals surface area contributed by atoms with E-state index in [1.54, 1.807) is 19.2 Å². The van der Waals surface area contributed by atoms with E-state index in [9.17, 15) is 18.0 Å². The number of nitrogens with zero attached hydrogens (tertiary/aromatic N) is 1. The summed E-state index contributed by atoms with van der Waals surface area (Å²) in [6.45, 7) is 0.324. The molecule has 1 heterocycles. The molecule has 148 valence electrons. The molecule has 29 heavy (non-hydrogen) atoms. The van der Waals surface area contributed by atoms with Crippen molar-refractivity contribution >= 4 is 5.91 Å². The number of ether oxygens (including phenoxy) is 1. The van der Waals surface area contributed by atoms with Crippen molar-refractivity contribution in [2.24, 2.45) is 0 Å². The summed E-state index contributed by atoms with van der Waals surface area (Å²) in [6, 6.07) is 16.2. The van der Waals surface area contributed by atoms with Gasteiger partial charge in [0.1, 0.15) is 5.75 Å². The molecule has 3 nitrogen and oxygen atoms in total. The maximum Gasteiger partial charge on any atom is 0.257 e. The van der Waals surface area contributed by atoms with Crippen LogP contribution in [0.2, 0.25) is 0 Å². The van der Waals surface area contributed by atoms with E-state index >= 15 is 0 Å². The van der Waals surface area contributed by atoms with Crippen molar-refractivity contribution in [1.29, 1.82) is 0 Å². The number of rotatable bonds is 3. The summed E-state index contributed by atoms with van der Waals surface area (Å²) >= 11 is 0. The standard InChI is InChI=1S/C23H18F3NO2/c1-29-16-8-6-15(7-9-16)22-17-5-3-2-4-14(17)12-13-27(22)23(28)18-10-11-19(24)21(26)20(18)25/h2-11,22H,12-13H2,1H3. The average molecular weight is 397 g/mol. The highest BCUT2D eigenvalue weighted by Gasteiger charge is 2.34. The SMILES string of the molecule is COc1ccc(C2c3ccccc3CCN2C(=O)c2ccc(F)c(F)c2F)cc1. The lowest BCUT2D eigenvalue weighted by molar-refractivity contribution is 0.0688. The molecule has 1 unspecified atom stereocenters. The molecule has 6 heteroatoms. The van der Waals surface area contributed by atoms with E-state index in [0.29, 0.717) is 18.7 Å². The molecule has 4 rings (SSSR count). The highest BCUT2D eigenvalue weighted by molar-refractivity contribution is 5.95. The average Bonchev–Trinajstić information content (AvgIpc) is 2.76. The second-order valence-corrected chi connectivity index (χ2v) is 6.85. The lowest BCUT2D eigenvalue weighted by Gasteiger charge is -2.38. The Bertz CT molecular complexity index is 1070. The van der Waals surface area contributed by atoms with E-state index < -0.39 is 35.0 Å². The van der Waals surface area contributed by atoms with Gasteiger partial charge in [-0.25, -0.2) is 13.2 Å². The zero-order valence-corrected chi connectivity index (χ0v) is 15.7. The van der Waals surface area contributed by atoms with Crippen molar-refractivity contribution in [1.82, 2.24) is 4.90 Å². The number of halogens is 3. The molecule has 0 saturated carbocycles. The molecule has 0 radical (unpaired) electrons. The molecule has 1 amide bonds. The van der Waals surface area contributed by atoms with Gasteiger partial charge in [0, 0.05) is 6.54 Å². The fourth-order valence-corrected chi connectivity index (χ4v) is 3.78. The number of benzene rings is 3. The quantitative estimate of drug-likeness (QED) is 0.589. The van der Waals surface area contributed by atoms with Crippen molar-refractivity contribution in [3.05, 3.63) is 100 Å². The Kier molecular flexibility index (Phi) is 5.01. The van der Waals surface area contributed by atoms with Gasteiger partial charge in [-0.1, -0.05) is 36.4 Å². The molecule has 1 aliphatic heterocycles. The molecule has 0 fully saturated rings. The van der Waals surface area contributed by atoms with Gasteiger partial charge in [0.2, 0.25) is 0 Å². The first-order valence-electron chi connectivity index (χ1n) is 9.17. The maximum atomic E-state index is 14.3. The normalized spacial score (nSPS) is 15.7. The van der Waals surface area contributed by atoms with Crippen molar-refractivity contribution in [2.45, 2.75) is 12.5 Å². The third-order valence-corrected chi connectivity index (χ3v) is 5.24. The van der Waals surface area contributed by atoms with E-state index in [1.807, 2.05) is 36.4 Å². The largest absolute Gasteiger partial charge is 0.497 e. The Balaban J connectivity index is 1.81. The van der Waals surface area contributed by atoms with Crippen LogP contribution in [0.25, 0.3) is 0 Å². The summed E-state index contributed by atoms with van der Waals surface area (Å²) in [4.78, 5) is 14.7. The van der Waals surface area contributed by atoms with Crippen LogP contribution in [0.1, 0.15) is 33.1 Å². The second kappa shape index (κ2) is 7.62. The summed E-state index contributed by atoms with van der Waals surface area (Å²) in [5.74, 6) is -4.45. The van der Waals surface area contributed by atoms with Crippen LogP contribution in [-0.4, -0.2) is 24.5 Å². The molecule has 0 bridgehead atoms. The minimum absolute atomic E-state index is 0.324.